The highest BCUT2D eigenvalue weighted by Crippen LogP contribution is 2.34. The van der Waals surface area contributed by atoms with Crippen LogP contribution in [0.3, 0.4) is 0 Å². The molecule has 0 aliphatic carbocycles. The number of nitrogens with one attached hydrogen (secondary N) is 1. The maximum atomic E-state index is 13.0. The average molecular weight is 445 g/mol. The lowest BCUT2D eigenvalue weighted by Gasteiger charge is -2.31. The number of hydrogen-bond acceptors (Lipinski definition) is 7. The zero-order valence-corrected chi connectivity index (χ0v) is 17.5. The van der Waals surface area contributed by atoms with Crippen LogP contribution >= 0.6 is 0 Å². The van der Waals surface area contributed by atoms with Crippen LogP contribution in [0.4, 0.5) is 0 Å². The van der Waals surface area contributed by atoms with Crippen molar-refractivity contribution in [3.63, 3.8) is 0 Å². The van der Waals surface area contributed by atoms with Crippen LogP contribution in [0.5, 0.6) is 11.5 Å². The fourth-order valence-electron chi connectivity index (χ4n) is 3.92. The highest BCUT2D eigenvalue weighted by molar-refractivity contribution is 7.91. The van der Waals surface area contributed by atoms with Gasteiger partial charge in [-0.25, -0.2) is 16.8 Å². The van der Waals surface area contributed by atoms with Gasteiger partial charge >= 0.3 is 0 Å². The molecule has 11 heteroatoms. The van der Waals surface area contributed by atoms with Crippen molar-refractivity contribution in [2.24, 2.45) is 5.92 Å². The fraction of sp³-hybridized carbons (Fsp3) is 0.611. The predicted octanol–water partition coefficient (Wildman–Crippen LogP) is 0.162. The maximum Gasteiger partial charge on any atom is 0.243 e. The molecule has 3 aliphatic heterocycles. The number of amides is 1. The lowest BCUT2D eigenvalue weighted by atomic mass is 9.97. The summed E-state index contributed by atoms with van der Waals surface area (Å²) in [5.74, 6) is 0.520. The van der Waals surface area contributed by atoms with Gasteiger partial charge < -0.3 is 14.8 Å². The van der Waals surface area contributed by atoms with Crippen LogP contribution in [0.25, 0.3) is 0 Å². The van der Waals surface area contributed by atoms with E-state index in [-0.39, 0.29) is 47.4 Å². The summed E-state index contributed by atoms with van der Waals surface area (Å²) in [5, 5.41) is 2.81. The van der Waals surface area contributed by atoms with E-state index in [1.54, 1.807) is 6.07 Å². The molecule has 9 nitrogen and oxygen atoms in total. The highest BCUT2D eigenvalue weighted by Gasteiger charge is 2.35. The molecule has 2 fully saturated rings. The number of ether oxygens (including phenoxy) is 2. The van der Waals surface area contributed by atoms with Crippen molar-refractivity contribution in [2.75, 3.05) is 37.8 Å². The third-order valence-corrected chi connectivity index (χ3v) is 9.22. The molecule has 3 heterocycles. The maximum absolute atomic E-state index is 13.0. The van der Waals surface area contributed by atoms with E-state index in [4.69, 9.17) is 9.47 Å². The summed E-state index contributed by atoms with van der Waals surface area (Å²) in [4.78, 5) is 12.6. The number of fused-ring (bicyclic) bond motifs is 1. The van der Waals surface area contributed by atoms with Crippen LogP contribution in [-0.2, 0) is 24.7 Å². The van der Waals surface area contributed by atoms with E-state index in [0.717, 1.165) is 0 Å². The first-order valence-electron chi connectivity index (χ1n) is 9.65. The van der Waals surface area contributed by atoms with Crippen LogP contribution in [0.1, 0.15) is 19.3 Å². The smallest absolute Gasteiger partial charge is 0.243 e. The Bertz CT molecular complexity index is 999. The highest BCUT2D eigenvalue weighted by atomic mass is 32.2. The molecule has 4 rings (SSSR count). The number of nitrogens with zero attached hydrogens (tertiary/aromatic N) is 1. The number of hydrogen-bond donors (Lipinski definition) is 1. The van der Waals surface area contributed by atoms with E-state index >= 15 is 0 Å². The van der Waals surface area contributed by atoms with Gasteiger partial charge in [-0.2, -0.15) is 4.31 Å². The molecule has 3 aliphatic rings. The zero-order valence-electron chi connectivity index (χ0n) is 15.9. The van der Waals surface area contributed by atoms with Crippen molar-refractivity contribution in [1.82, 2.24) is 9.62 Å². The van der Waals surface area contributed by atoms with E-state index < -0.39 is 19.9 Å². The summed E-state index contributed by atoms with van der Waals surface area (Å²) in [6.07, 6.45) is 1.23. The summed E-state index contributed by atoms with van der Waals surface area (Å²) in [6, 6.07) is 4.23. The second-order valence-corrected chi connectivity index (χ2v) is 11.8. The van der Waals surface area contributed by atoms with Crippen molar-refractivity contribution < 1.29 is 31.1 Å². The van der Waals surface area contributed by atoms with Gasteiger partial charge in [0, 0.05) is 31.1 Å². The van der Waals surface area contributed by atoms with Gasteiger partial charge in [0.25, 0.3) is 0 Å². The Morgan fingerprint density at radius 3 is 2.41 bits per heavy atom. The first-order chi connectivity index (χ1) is 13.7. The SMILES string of the molecule is O=C(N[C@H]1CCS(=O)(=O)C1)C1CCN(S(=O)(=O)c2ccc3c(c2)OCCO3)CC1. The van der Waals surface area contributed by atoms with Gasteiger partial charge in [-0.3, -0.25) is 4.79 Å². The Morgan fingerprint density at radius 2 is 1.76 bits per heavy atom. The molecule has 1 aromatic carbocycles. The standard InChI is InChI=1S/C18H24N2O7S2/c21-18(19-14-5-10-28(22,23)12-14)13-3-6-20(7-4-13)29(24,25)15-1-2-16-17(11-15)27-9-8-26-16/h1-2,11,13-14H,3-10,12H2,(H,19,21)/t14-/m0/s1. The Labute approximate surface area is 170 Å². The molecular weight excluding hydrogens is 420 g/mol. The molecule has 160 valence electrons. The number of sulfonamides is 1. The van der Waals surface area contributed by atoms with E-state index in [1.165, 1.54) is 16.4 Å². The van der Waals surface area contributed by atoms with Gasteiger partial charge in [-0.15, -0.1) is 0 Å². The Hall–Kier alpha value is -1.85. The van der Waals surface area contributed by atoms with Gasteiger partial charge in [0.15, 0.2) is 21.3 Å². The monoisotopic (exact) mass is 444 g/mol. The van der Waals surface area contributed by atoms with Crippen molar-refractivity contribution in [3.8, 4) is 11.5 Å². The number of sulfone groups is 1. The quantitative estimate of drug-likeness (QED) is 0.703. The normalized spacial score (nSPS) is 24.9. The average Bonchev–Trinajstić information content (AvgIpc) is 3.05. The minimum absolute atomic E-state index is 0.0178. The molecule has 2 saturated heterocycles. The van der Waals surface area contributed by atoms with Crippen molar-refractivity contribution in [2.45, 2.75) is 30.2 Å². The molecule has 0 radical (unpaired) electrons. The molecule has 1 N–H and O–H groups in total. The van der Waals surface area contributed by atoms with Gasteiger partial charge in [0.1, 0.15) is 13.2 Å². The van der Waals surface area contributed by atoms with Crippen LogP contribution in [0.15, 0.2) is 23.1 Å². The predicted molar refractivity (Wildman–Crippen MR) is 104 cm³/mol. The van der Waals surface area contributed by atoms with Crippen molar-refractivity contribution >= 4 is 25.8 Å². The Morgan fingerprint density at radius 1 is 1.07 bits per heavy atom. The molecule has 1 amide bonds. The van der Waals surface area contributed by atoms with Crippen LogP contribution < -0.4 is 14.8 Å². The number of carbonyl (C=O) groups excluding carboxylic acids is 1. The lowest BCUT2D eigenvalue weighted by Crippen LogP contribution is -2.45. The van der Waals surface area contributed by atoms with Gasteiger partial charge in [-0.1, -0.05) is 0 Å². The zero-order chi connectivity index (χ0) is 20.6. The summed E-state index contributed by atoms with van der Waals surface area (Å²) in [7, 11) is -6.75. The summed E-state index contributed by atoms with van der Waals surface area (Å²) in [6.45, 7) is 1.27. The third kappa shape index (κ3) is 4.36. The van der Waals surface area contributed by atoms with Crippen molar-refractivity contribution in [3.05, 3.63) is 18.2 Å². The molecule has 29 heavy (non-hydrogen) atoms. The Balaban J connectivity index is 1.37. The second kappa shape index (κ2) is 7.77. The molecule has 0 aromatic heterocycles. The first kappa shape index (κ1) is 20.4. The third-order valence-electron chi connectivity index (χ3n) is 5.55. The first-order valence-corrected chi connectivity index (χ1v) is 12.9. The van der Waals surface area contributed by atoms with Crippen LogP contribution in [-0.4, -0.2) is 70.9 Å². The molecule has 1 atom stereocenters. The second-order valence-electron chi connectivity index (χ2n) is 7.59. The molecule has 0 bridgehead atoms. The minimum Gasteiger partial charge on any atom is -0.486 e. The Kier molecular flexibility index (Phi) is 5.47. The largest absolute Gasteiger partial charge is 0.486 e. The van der Waals surface area contributed by atoms with Crippen LogP contribution in [0, 0.1) is 5.92 Å². The molecule has 0 unspecified atom stereocenters. The van der Waals surface area contributed by atoms with Gasteiger partial charge in [0.2, 0.25) is 15.9 Å². The molecule has 0 saturated carbocycles. The van der Waals surface area contributed by atoms with Crippen molar-refractivity contribution in [1.29, 1.82) is 0 Å². The topological polar surface area (TPSA) is 119 Å². The fourth-order valence-corrected chi connectivity index (χ4v) is 7.08. The molecular formula is C18H24N2O7S2. The summed E-state index contributed by atoms with van der Waals surface area (Å²) in [5.41, 5.74) is 0. The molecule has 1 aromatic rings. The van der Waals surface area contributed by atoms with E-state index in [2.05, 4.69) is 5.32 Å². The number of piperidine rings is 1. The summed E-state index contributed by atoms with van der Waals surface area (Å²) >= 11 is 0. The van der Waals surface area contributed by atoms with Gasteiger partial charge in [-0.05, 0) is 31.4 Å². The number of benzene rings is 1. The minimum atomic E-state index is -3.70. The van der Waals surface area contributed by atoms with Gasteiger partial charge in [0.05, 0.1) is 16.4 Å². The molecule has 0 spiro atoms. The van der Waals surface area contributed by atoms with E-state index in [0.29, 0.717) is 44.0 Å². The lowest BCUT2D eigenvalue weighted by molar-refractivity contribution is -0.126. The summed E-state index contributed by atoms with van der Waals surface area (Å²) < 4.78 is 61.3. The number of rotatable bonds is 4. The van der Waals surface area contributed by atoms with Crippen LogP contribution in [0.2, 0.25) is 0 Å². The van der Waals surface area contributed by atoms with E-state index in [9.17, 15) is 21.6 Å². The van der Waals surface area contributed by atoms with E-state index in [1.807, 2.05) is 0 Å². The number of carbonyl (C=O) groups is 1.